The predicted octanol–water partition coefficient (Wildman–Crippen LogP) is -1.13. The third-order valence-corrected chi connectivity index (χ3v) is 2.01. The number of carbonyl (C=O) groups excluding carboxylic acids is 1. The number of nitrogens with two attached hydrogens (primary N) is 1. The minimum Gasteiger partial charge on any atom is -0.330 e. The van der Waals surface area contributed by atoms with Gasteiger partial charge in [0.25, 0.3) is 5.56 Å². The molecule has 1 aromatic heterocycles. The van der Waals surface area contributed by atoms with Crippen molar-refractivity contribution >= 4 is 5.97 Å². The van der Waals surface area contributed by atoms with Crippen molar-refractivity contribution in [2.24, 2.45) is 11.7 Å². The smallest absolute Gasteiger partial charge is 0.330 e. The van der Waals surface area contributed by atoms with E-state index in [2.05, 4.69) is 0 Å². The summed E-state index contributed by atoms with van der Waals surface area (Å²) < 4.78 is 0.643. The van der Waals surface area contributed by atoms with Gasteiger partial charge in [-0.3, -0.25) is 9.78 Å². The molecule has 0 aromatic carbocycles. The average Bonchev–Trinajstić information content (AvgIpc) is 2.21. The second-order valence-corrected chi connectivity index (χ2v) is 4.08. The third-order valence-electron chi connectivity index (χ3n) is 2.01. The maximum Gasteiger partial charge on any atom is 0.361 e. The highest BCUT2D eigenvalue weighted by molar-refractivity contribution is 5.75. The first-order valence-electron chi connectivity index (χ1n) is 5.20. The molecule has 1 aromatic rings. The molecule has 0 fully saturated rings. The molecule has 0 bridgehead atoms. The lowest BCUT2D eigenvalue weighted by Crippen LogP contribution is -2.43. The van der Waals surface area contributed by atoms with E-state index in [9.17, 15) is 14.4 Å². The van der Waals surface area contributed by atoms with Crippen molar-refractivity contribution in [3.05, 3.63) is 33.1 Å². The first-order valence-corrected chi connectivity index (χ1v) is 5.20. The SMILES string of the molecule is CC(C)C[C@H](N)C(=O)On1ccc(=O)[nH]c1=O. The lowest BCUT2D eigenvalue weighted by atomic mass is 10.1. The van der Waals surface area contributed by atoms with E-state index in [1.54, 1.807) is 0 Å². The van der Waals surface area contributed by atoms with E-state index in [-0.39, 0.29) is 5.92 Å². The molecule has 0 unspecified atom stereocenters. The molecule has 3 N–H and O–H groups in total. The summed E-state index contributed by atoms with van der Waals surface area (Å²) >= 11 is 0. The summed E-state index contributed by atoms with van der Waals surface area (Å²) in [6, 6.07) is 0.275. The van der Waals surface area contributed by atoms with Gasteiger partial charge in [-0.05, 0) is 12.3 Å². The molecule has 1 heterocycles. The summed E-state index contributed by atoms with van der Waals surface area (Å²) in [5.74, 6) is -0.474. The van der Waals surface area contributed by atoms with Crippen LogP contribution in [-0.4, -0.2) is 21.7 Å². The number of aromatic nitrogens is 2. The van der Waals surface area contributed by atoms with E-state index in [0.717, 1.165) is 12.3 Å². The molecule has 7 nitrogen and oxygen atoms in total. The van der Waals surface area contributed by atoms with Gasteiger partial charge in [-0.2, -0.15) is 0 Å². The van der Waals surface area contributed by atoms with Gasteiger partial charge in [-0.15, -0.1) is 4.73 Å². The van der Waals surface area contributed by atoms with Crippen molar-refractivity contribution in [1.29, 1.82) is 0 Å². The van der Waals surface area contributed by atoms with Crippen LogP contribution in [0.2, 0.25) is 0 Å². The minimum absolute atomic E-state index is 0.241. The van der Waals surface area contributed by atoms with Gasteiger partial charge in [0, 0.05) is 6.07 Å². The zero-order valence-corrected chi connectivity index (χ0v) is 9.67. The van der Waals surface area contributed by atoms with Gasteiger partial charge in [-0.1, -0.05) is 13.8 Å². The zero-order chi connectivity index (χ0) is 13.0. The fourth-order valence-corrected chi connectivity index (χ4v) is 1.25. The van der Waals surface area contributed by atoms with E-state index in [4.69, 9.17) is 10.6 Å². The molecule has 7 heteroatoms. The summed E-state index contributed by atoms with van der Waals surface area (Å²) in [5, 5.41) is 0. The van der Waals surface area contributed by atoms with Crippen LogP contribution in [0.3, 0.4) is 0 Å². The van der Waals surface area contributed by atoms with E-state index in [1.165, 1.54) is 0 Å². The van der Waals surface area contributed by atoms with E-state index >= 15 is 0 Å². The molecule has 1 atom stereocenters. The monoisotopic (exact) mass is 241 g/mol. The number of hydrogen-bond donors (Lipinski definition) is 2. The molecule has 0 saturated heterocycles. The lowest BCUT2D eigenvalue weighted by Gasteiger charge is -2.12. The summed E-state index contributed by atoms with van der Waals surface area (Å²) in [5.41, 5.74) is 4.21. The van der Waals surface area contributed by atoms with Crippen LogP contribution in [0.5, 0.6) is 0 Å². The fourth-order valence-electron chi connectivity index (χ4n) is 1.25. The minimum atomic E-state index is -0.817. The molecule has 0 amide bonds. The van der Waals surface area contributed by atoms with Crippen molar-refractivity contribution < 1.29 is 9.63 Å². The molecular formula is C10H15N3O4. The van der Waals surface area contributed by atoms with Gasteiger partial charge in [0.05, 0.1) is 6.20 Å². The Morgan fingerprint density at radius 1 is 1.53 bits per heavy atom. The maximum atomic E-state index is 11.5. The predicted molar refractivity (Wildman–Crippen MR) is 60.3 cm³/mol. The number of hydrogen-bond acceptors (Lipinski definition) is 5. The molecule has 0 aliphatic heterocycles. The standard InChI is InChI=1S/C10H15N3O4/c1-6(2)5-7(11)9(15)17-13-4-3-8(14)12-10(13)16/h3-4,6-7H,5,11H2,1-2H3,(H,12,14,16)/t7-/m0/s1. The Labute approximate surface area is 97.2 Å². The van der Waals surface area contributed by atoms with Gasteiger partial charge in [-0.25, -0.2) is 9.59 Å². The Morgan fingerprint density at radius 3 is 2.71 bits per heavy atom. The highest BCUT2D eigenvalue weighted by Gasteiger charge is 2.18. The van der Waals surface area contributed by atoms with Gasteiger partial charge < -0.3 is 10.6 Å². The number of aromatic amines is 1. The van der Waals surface area contributed by atoms with Gasteiger partial charge in [0.2, 0.25) is 0 Å². The molecule has 0 aliphatic rings. The van der Waals surface area contributed by atoms with Crippen LogP contribution in [0, 0.1) is 5.92 Å². The van der Waals surface area contributed by atoms with Gasteiger partial charge in [0.15, 0.2) is 0 Å². The van der Waals surface area contributed by atoms with Crippen molar-refractivity contribution in [2.75, 3.05) is 0 Å². The molecule has 17 heavy (non-hydrogen) atoms. The van der Waals surface area contributed by atoms with E-state index in [1.807, 2.05) is 18.8 Å². The summed E-state index contributed by atoms with van der Waals surface area (Å²) in [6.07, 6.45) is 1.53. The Hall–Kier alpha value is -1.89. The maximum absolute atomic E-state index is 11.5. The number of rotatable bonds is 4. The quantitative estimate of drug-likeness (QED) is 0.693. The summed E-state index contributed by atoms with van der Waals surface area (Å²) in [6.45, 7) is 3.83. The van der Waals surface area contributed by atoms with Gasteiger partial charge in [0.1, 0.15) is 6.04 Å². The Balaban J connectivity index is 2.74. The van der Waals surface area contributed by atoms with Crippen molar-refractivity contribution in [1.82, 2.24) is 9.71 Å². The van der Waals surface area contributed by atoms with E-state index in [0.29, 0.717) is 11.2 Å². The normalized spacial score (nSPS) is 12.5. The molecule has 1 rings (SSSR count). The second kappa shape index (κ2) is 5.44. The Morgan fingerprint density at radius 2 is 2.18 bits per heavy atom. The first kappa shape index (κ1) is 13.2. The fraction of sp³-hybridized carbons (Fsp3) is 0.500. The van der Waals surface area contributed by atoms with E-state index < -0.39 is 23.3 Å². The topological polar surface area (TPSA) is 107 Å². The molecule has 0 radical (unpaired) electrons. The first-order chi connectivity index (χ1) is 7.90. The second-order valence-electron chi connectivity index (χ2n) is 4.08. The van der Waals surface area contributed by atoms with Crippen LogP contribution in [0.15, 0.2) is 21.9 Å². The Kier molecular flexibility index (Phi) is 4.22. The van der Waals surface area contributed by atoms with Crippen LogP contribution in [0.1, 0.15) is 20.3 Å². The Bertz CT molecular complexity index is 503. The van der Waals surface area contributed by atoms with Crippen LogP contribution in [-0.2, 0) is 4.79 Å². The molecule has 0 spiro atoms. The number of carbonyl (C=O) groups is 1. The van der Waals surface area contributed by atoms with Crippen molar-refractivity contribution in [3.8, 4) is 0 Å². The largest absolute Gasteiger partial charge is 0.361 e. The third kappa shape index (κ3) is 3.87. The van der Waals surface area contributed by atoms with Crippen molar-refractivity contribution in [2.45, 2.75) is 26.3 Å². The zero-order valence-electron chi connectivity index (χ0n) is 9.67. The molecular weight excluding hydrogens is 226 g/mol. The van der Waals surface area contributed by atoms with Crippen LogP contribution >= 0.6 is 0 Å². The molecule has 94 valence electrons. The highest BCUT2D eigenvalue weighted by atomic mass is 16.7. The summed E-state index contributed by atoms with van der Waals surface area (Å²) in [7, 11) is 0. The summed E-state index contributed by atoms with van der Waals surface area (Å²) in [4.78, 5) is 40.2. The van der Waals surface area contributed by atoms with Crippen LogP contribution < -0.4 is 21.8 Å². The van der Waals surface area contributed by atoms with Crippen LogP contribution in [0.25, 0.3) is 0 Å². The highest BCUT2D eigenvalue weighted by Crippen LogP contribution is 2.02. The van der Waals surface area contributed by atoms with Crippen molar-refractivity contribution in [3.63, 3.8) is 0 Å². The molecule has 0 aliphatic carbocycles. The number of nitrogens with one attached hydrogen (secondary N) is 1. The number of H-pyrrole nitrogens is 1. The lowest BCUT2D eigenvalue weighted by molar-refractivity contribution is -0.146. The molecule has 0 saturated carbocycles. The average molecular weight is 241 g/mol. The van der Waals surface area contributed by atoms with Gasteiger partial charge >= 0.3 is 11.7 Å². The number of nitrogens with zero attached hydrogens (tertiary/aromatic N) is 1. The van der Waals surface area contributed by atoms with Crippen LogP contribution in [0.4, 0.5) is 0 Å².